The second-order valence-corrected chi connectivity index (χ2v) is 6.08. The molecular formula is C13H13Cl2NS. The number of rotatable bonds is 3. The van der Waals surface area contributed by atoms with Gasteiger partial charge < -0.3 is 5.32 Å². The molecule has 0 aliphatic carbocycles. The van der Waals surface area contributed by atoms with Crippen LogP contribution in [0.3, 0.4) is 0 Å². The highest BCUT2D eigenvalue weighted by molar-refractivity contribution is 7.12. The highest BCUT2D eigenvalue weighted by Crippen LogP contribution is 2.29. The maximum atomic E-state index is 5.98. The van der Waals surface area contributed by atoms with Crippen LogP contribution in [0.1, 0.15) is 22.7 Å². The molecular weight excluding hydrogens is 273 g/mol. The van der Waals surface area contributed by atoms with Gasteiger partial charge >= 0.3 is 0 Å². The average Bonchev–Trinajstić information content (AvgIpc) is 2.70. The van der Waals surface area contributed by atoms with Gasteiger partial charge in [-0.3, -0.25) is 0 Å². The van der Waals surface area contributed by atoms with Crippen molar-refractivity contribution >= 4 is 40.2 Å². The number of anilines is 1. The third-order valence-corrected chi connectivity index (χ3v) is 4.41. The first-order valence-electron chi connectivity index (χ1n) is 5.34. The van der Waals surface area contributed by atoms with Crippen molar-refractivity contribution in [1.29, 1.82) is 0 Å². The Morgan fingerprint density at radius 2 is 1.88 bits per heavy atom. The van der Waals surface area contributed by atoms with E-state index in [1.165, 1.54) is 9.75 Å². The summed E-state index contributed by atoms with van der Waals surface area (Å²) in [4.78, 5) is 2.64. The number of halogens is 2. The standard InChI is InChI=1S/C13H13Cl2NS/c1-8-3-6-13(17-8)9(2)16-10-4-5-11(14)12(15)7-10/h3-7,9,16H,1-2H3. The zero-order valence-electron chi connectivity index (χ0n) is 9.63. The first-order chi connectivity index (χ1) is 8.06. The third-order valence-electron chi connectivity index (χ3n) is 2.49. The lowest BCUT2D eigenvalue weighted by Gasteiger charge is -2.14. The van der Waals surface area contributed by atoms with Gasteiger partial charge in [-0.15, -0.1) is 11.3 Å². The zero-order valence-corrected chi connectivity index (χ0v) is 12.0. The van der Waals surface area contributed by atoms with Gasteiger partial charge in [0.1, 0.15) is 0 Å². The Morgan fingerprint density at radius 3 is 2.47 bits per heavy atom. The van der Waals surface area contributed by atoms with Gasteiger partial charge in [-0.05, 0) is 44.2 Å². The summed E-state index contributed by atoms with van der Waals surface area (Å²) < 4.78 is 0. The van der Waals surface area contributed by atoms with Crippen LogP contribution in [0.5, 0.6) is 0 Å². The predicted octanol–water partition coefficient (Wildman–Crippen LogP) is 5.54. The van der Waals surface area contributed by atoms with Crippen LogP contribution in [0.15, 0.2) is 30.3 Å². The SMILES string of the molecule is Cc1ccc(C(C)Nc2ccc(Cl)c(Cl)c2)s1. The molecule has 0 bridgehead atoms. The van der Waals surface area contributed by atoms with Crippen molar-refractivity contribution in [3.05, 3.63) is 50.1 Å². The van der Waals surface area contributed by atoms with Crippen molar-refractivity contribution in [3.63, 3.8) is 0 Å². The lowest BCUT2D eigenvalue weighted by atomic mass is 10.2. The van der Waals surface area contributed by atoms with E-state index >= 15 is 0 Å². The predicted molar refractivity (Wildman–Crippen MR) is 77.6 cm³/mol. The number of aryl methyl sites for hydroxylation is 1. The van der Waals surface area contributed by atoms with E-state index < -0.39 is 0 Å². The van der Waals surface area contributed by atoms with E-state index in [0.717, 1.165) is 5.69 Å². The summed E-state index contributed by atoms with van der Waals surface area (Å²) in [6, 6.07) is 10.1. The molecule has 1 unspecified atom stereocenters. The Hall–Kier alpha value is -0.700. The van der Waals surface area contributed by atoms with Crippen molar-refractivity contribution in [2.45, 2.75) is 19.9 Å². The summed E-state index contributed by atoms with van der Waals surface area (Å²) in [5, 5.41) is 4.56. The summed E-state index contributed by atoms with van der Waals surface area (Å²) in [7, 11) is 0. The summed E-state index contributed by atoms with van der Waals surface area (Å²) in [6.45, 7) is 4.24. The monoisotopic (exact) mass is 285 g/mol. The molecule has 2 rings (SSSR count). The van der Waals surface area contributed by atoms with E-state index in [9.17, 15) is 0 Å². The van der Waals surface area contributed by atoms with Gasteiger partial charge in [0.05, 0.1) is 16.1 Å². The first kappa shape index (κ1) is 12.7. The van der Waals surface area contributed by atoms with Crippen molar-refractivity contribution < 1.29 is 0 Å². The lowest BCUT2D eigenvalue weighted by Crippen LogP contribution is -2.04. The molecule has 90 valence electrons. The summed E-state index contributed by atoms with van der Waals surface area (Å²) in [6.07, 6.45) is 0. The molecule has 2 aromatic rings. The topological polar surface area (TPSA) is 12.0 Å². The lowest BCUT2D eigenvalue weighted by molar-refractivity contribution is 0.908. The van der Waals surface area contributed by atoms with E-state index in [1.54, 1.807) is 17.4 Å². The van der Waals surface area contributed by atoms with Crippen LogP contribution < -0.4 is 5.32 Å². The van der Waals surface area contributed by atoms with Crippen molar-refractivity contribution in [1.82, 2.24) is 0 Å². The molecule has 1 atom stereocenters. The van der Waals surface area contributed by atoms with Crippen LogP contribution in [0, 0.1) is 6.92 Å². The van der Waals surface area contributed by atoms with Gasteiger partial charge in [0.15, 0.2) is 0 Å². The molecule has 1 heterocycles. The molecule has 1 N–H and O–H groups in total. The second-order valence-electron chi connectivity index (χ2n) is 3.94. The minimum Gasteiger partial charge on any atom is -0.378 e. The highest BCUT2D eigenvalue weighted by atomic mass is 35.5. The first-order valence-corrected chi connectivity index (χ1v) is 6.91. The van der Waals surface area contributed by atoms with E-state index in [4.69, 9.17) is 23.2 Å². The molecule has 0 amide bonds. The van der Waals surface area contributed by atoms with Gasteiger partial charge in [0.2, 0.25) is 0 Å². The molecule has 0 aliphatic heterocycles. The van der Waals surface area contributed by atoms with Crippen LogP contribution in [-0.2, 0) is 0 Å². The highest BCUT2D eigenvalue weighted by Gasteiger charge is 2.08. The maximum absolute atomic E-state index is 5.98. The van der Waals surface area contributed by atoms with Gasteiger partial charge in [-0.2, -0.15) is 0 Å². The molecule has 0 saturated heterocycles. The van der Waals surface area contributed by atoms with E-state index in [-0.39, 0.29) is 6.04 Å². The summed E-state index contributed by atoms with van der Waals surface area (Å²) in [5.41, 5.74) is 0.984. The summed E-state index contributed by atoms with van der Waals surface area (Å²) >= 11 is 13.7. The number of hydrogen-bond donors (Lipinski definition) is 1. The van der Waals surface area contributed by atoms with E-state index in [0.29, 0.717) is 10.0 Å². The van der Waals surface area contributed by atoms with Crippen molar-refractivity contribution in [2.24, 2.45) is 0 Å². The fourth-order valence-corrected chi connectivity index (χ4v) is 2.77. The molecule has 1 nitrogen and oxygen atoms in total. The van der Waals surface area contributed by atoms with Crippen LogP contribution in [-0.4, -0.2) is 0 Å². The Morgan fingerprint density at radius 1 is 1.12 bits per heavy atom. The van der Waals surface area contributed by atoms with E-state index in [2.05, 4.69) is 31.3 Å². The average molecular weight is 286 g/mol. The number of hydrogen-bond acceptors (Lipinski definition) is 2. The Kier molecular flexibility index (Phi) is 3.97. The minimum absolute atomic E-state index is 0.269. The zero-order chi connectivity index (χ0) is 12.4. The fraction of sp³-hybridized carbons (Fsp3) is 0.231. The molecule has 4 heteroatoms. The number of benzene rings is 1. The summed E-state index contributed by atoms with van der Waals surface area (Å²) in [5.74, 6) is 0. The van der Waals surface area contributed by atoms with Gasteiger partial charge in [-0.25, -0.2) is 0 Å². The molecule has 17 heavy (non-hydrogen) atoms. The van der Waals surface area contributed by atoms with Crippen molar-refractivity contribution in [2.75, 3.05) is 5.32 Å². The van der Waals surface area contributed by atoms with Crippen LogP contribution in [0.2, 0.25) is 10.0 Å². The molecule has 1 aromatic heterocycles. The molecule has 0 spiro atoms. The molecule has 1 aromatic carbocycles. The van der Waals surface area contributed by atoms with Gasteiger partial charge in [-0.1, -0.05) is 23.2 Å². The third kappa shape index (κ3) is 3.15. The largest absolute Gasteiger partial charge is 0.378 e. The number of nitrogens with one attached hydrogen (secondary N) is 1. The van der Waals surface area contributed by atoms with Crippen LogP contribution >= 0.6 is 34.5 Å². The van der Waals surface area contributed by atoms with Crippen molar-refractivity contribution in [3.8, 4) is 0 Å². The molecule has 0 aliphatic rings. The maximum Gasteiger partial charge on any atom is 0.0612 e. The quantitative estimate of drug-likeness (QED) is 0.781. The van der Waals surface area contributed by atoms with Crippen LogP contribution in [0.4, 0.5) is 5.69 Å². The fourth-order valence-electron chi connectivity index (χ4n) is 1.59. The van der Waals surface area contributed by atoms with Gasteiger partial charge in [0, 0.05) is 15.4 Å². The van der Waals surface area contributed by atoms with Crippen LogP contribution in [0.25, 0.3) is 0 Å². The van der Waals surface area contributed by atoms with Gasteiger partial charge in [0.25, 0.3) is 0 Å². The normalized spacial score (nSPS) is 12.5. The minimum atomic E-state index is 0.269. The Labute approximate surface area is 115 Å². The smallest absolute Gasteiger partial charge is 0.0612 e. The van der Waals surface area contributed by atoms with E-state index in [1.807, 2.05) is 12.1 Å². The number of thiophene rings is 1. The molecule has 0 fully saturated rings. The second kappa shape index (κ2) is 5.30. The Balaban J connectivity index is 2.12. The molecule has 0 saturated carbocycles. The molecule has 0 radical (unpaired) electrons. The Bertz CT molecular complexity index is 522.